The topological polar surface area (TPSA) is 113 Å². The molecule has 0 spiro atoms. The molecule has 0 atom stereocenters. The molecule has 0 fully saturated rings. The molecule has 0 saturated heterocycles. The summed E-state index contributed by atoms with van der Waals surface area (Å²) in [4.78, 5) is 33.5. The van der Waals surface area contributed by atoms with E-state index in [-0.39, 0.29) is 17.8 Å². The number of carbonyl (C=O) groups excluding carboxylic acids is 2. The Morgan fingerprint density at radius 2 is 1.79 bits per heavy atom. The zero-order valence-corrected chi connectivity index (χ0v) is 13.9. The van der Waals surface area contributed by atoms with E-state index in [1.54, 1.807) is 6.07 Å². The lowest BCUT2D eigenvalue weighted by molar-refractivity contribution is -0.384. The predicted octanol–water partition coefficient (Wildman–Crippen LogP) is 2.23. The number of hydrazine groups is 1. The van der Waals surface area contributed by atoms with Gasteiger partial charge in [0.1, 0.15) is 0 Å². The molecule has 124 valence electrons. The van der Waals surface area contributed by atoms with Crippen molar-refractivity contribution in [2.24, 2.45) is 0 Å². The van der Waals surface area contributed by atoms with E-state index in [2.05, 4.69) is 32.1 Å². The minimum absolute atomic E-state index is 0.0308. The van der Waals surface area contributed by atoms with Crippen LogP contribution in [0, 0.1) is 10.1 Å². The van der Waals surface area contributed by atoms with E-state index in [1.807, 2.05) is 18.2 Å². The second-order valence-electron chi connectivity index (χ2n) is 4.67. The predicted molar refractivity (Wildman–Crippen MR) is 91.3 cm³/mol. The van der Waals surface area contributed by atoms with Gasteiger partial charge in [0.25, 0.3) is 17.5 Å². The molecule has 2 aromatic carbocycles. The molecule has 0 aromatic heterocycles. The van der Waals surface area contributed by atoms with Crippen LogP contribution in [0.1, 0.15) is 10.4 Å². The number of hydrogen-bond donors (Lipinski definition) is 3. The fourth-order valence-corrected chi connectivity index (χ4v) is 2.16. The van der Waals surface area contributed by atoms with E-state index >= 15 is 0 Å². The number of nitro groups is 1. The summed E-state index contributed by atoms with van der Waals surface area (Å²) in [5, 5.41) is 13.4. The average molecular weight is 393 g/mol. The SMILES string of the molecule is O=C(CNc1cccc(Br)c1)NNC(=O)c1ccc([N+](=O)[O-])cc1. The van der Waals surface area contributed by atoms with E-state index in [0.717, 1.165) is 10.2 Å². The number of amides is 2. The van der Waals surface area contributed by atoms with Crippen LogP contribution in [0.4, 0.5) is 11.4 Å². The first-order chi connectivity index (χ1) is 11.5. The van der Waals surface area contributed by atoms with Gasteiger partial charge in [-0.15, -0.1) is 0 Å². The Kier molecular flexibility index (Phi) is 5.85. The molecule has 0 heterocycles. The molecule has 2 rings (SSSR count). The highest BCUT2D eigenvalue weighted by molar-refractivity contribution is 9.10. The second kappa shape index (κ2) is 8.06. The van der Waals surface area contributed by atoms with Crippen LogP contribution >= 0.6 is 15.9 Å². The molecule has 0 saturated carbocycles. The van der Waals surface area contributed by atoms with Gasteiger partial charge in [0.15, 0.2) is 0 Å². The summed E-state index contributed by atoms with van der Waals surface area (Å²) in [6.45, 7) is -0.0308. The lowest BCUT2D eigenvalue weighted by Gasteiger charge is -2.09. The van der Waals surface area contributed by atoms with Gasteiger partial charge in [-0.3, -0.25) is 30.6 Å². The molecule has 2 aromatic rings. The number of rotatable bonds is 5. The molecular weight excluding hydrogens is 380 g/mol. The van der Waals surface area contributed by atoms with Crippen LogP contribution in [-0.2, 0) is 4.79 Å². The molecule has 8 nitrogen and oxygen atoms in total. The maximum atomic E-state index is 11.8. The van der Waals surface area contributed by atoms with Gasteiger partial charge in [-0.1, -0.05) is 22.0 Å². The standard InChI is InChI=1S/C15H13BrN4O4/c16-11-2-1-3-12(8-11)17-9-14(21)18-19-15(22)10-4-6-13(7-5-10)20(23)24/h1-8,17H,9H2,(H,18,21)(H,19,22). The number of nitrogens with zero attached hydrogens (tertiary/aromatic N) is 1. The third-order valence-corrected chi connectivity index (χ3v) is 3.43. The normalized spacial score (nSPS) is 9.88. The lowest BCUT2D eigenvalue weighted by Crippen LogP contribution is -2.44. The number of hydrogen-bond acceptors (Lipinski definition) is 5. The van der Waals surface area contributed by atoms with Gasteiger partial charge in [0, 0.05) is 27.9 Å². The Hall–Kier alpha value is -2.94. The average Bonchev–Trinajstić information content (AvgIpc) is 2.58. The highest BCUT2D eigenvalue weighted by Gasteiger charge is 2.10. The first-order valence-electron chi connectivity index (χ1n) is 6.79. The van der Waals surface area contributed by atoms with Gasteiger partial charge in [-0.25, -0.2) is 0 Å². The molecule has 3 N–H and O–H groups in total. The van der Waals surface area contributed by atoms with Crippen molar-refractivity contribution in [3.63, 3.8) is 0 Å². The number of anilines is 1. The van der Waals surface area contributed by atoms with Crippen molar-refractivity contribution in [1.29, 1.82) is 0 Å². The van der Waals surface area contributed by atoms with Crippen LogP contribution in [0.3, 0.4) is 0 Å². The fourth-order valence-electron chi connectivity index (χ4n) is 1.76. The van der Waals surface area contributed by atoms with Crippen LogP contribution in [0.5, 0.6) is 0 Å². The highest BCUT2D eigenvalue weighted by atomic mass is 79.9. The van der Waals surface area contributed by atoms with E-state index in [9.17, 15) is 19.7 Å². The van der Waals surface area contributed by atoms with Crippen LogP contribution in [-0.4, -0.2) is 23.3 Å². The minimum Gasteiger partial charge on any atom is -0.376 e. The second-order valence-corrected chi connectivity index (χ2v) is 5.59. The van der Waals surface area contributed by atoms with Crippen molar-refractivity contribution in [3.8, 4) is 0 Å². The van der Waals surface area contributed by atoms with Gasteiger partial charge >= 0.3 is 0 Å². The van der Waals surface area contributed by atoms with E-state index < -0.39 is 16.7 Å². The van der Waals surface area contributed by atoms with Crippen molar-refractivity contribution in [3.05, 3.63) is 68.7 Å². The number of non-ortho nitro benzene ring substituents is 1. The van der Waals surface area contributed by atoms with Crippen LogP contribution in [0.2, 0.25) is 0 Å². The first kappa shape index (κ1) is 17.4. The molecule has 0 aliphatic rings. The van der Waals surface area contributed by atoms with E-state index in [4.69, 9.17) is 0 Å². The lowest BCUT2D eigenvalue weighted by atomic mass is 10.2. The quantitative estimate of drug-likeness (QED) is 0.533. The highest BCUT2D eigenvalue weighted by Crippen LogP contribution is 2.15. The van der Waals surface area contributed by atoms with Gasteiger partial charge in [-0.2, -0.15) is 0 Å². The Balaban J connectivity index is 1.80. The summed E-state index contributed by atoms with van der Waals surface area (Å²) in [7, 11) is 0. The zero-order valence-electron chi connectivity index (χ0n) is 12.3. The third-order valence-electron chi connectivity index (χ3n) is 2.93. The number of nitrogens with one attached hydrogen (secondary N) is 3. The molecule has 9 heteroatoms. The molecule has 0 aliphatic heterocycles. The number of nitro benzene ring substituents is 1. The Morgan fingerprint density at radius 1 is 1.08 bits per heavy atom. The molecule has 0 unspecified atom stereocenters. The van der Waals surface area contributed by atoms with Crippen molar-refractivity contribution in [2.75, 3.05) is 11.9 Å². The summed E-state index contributed by atoms with van der Waals surface area (Å²) < 4.78 is 0.874. The minimum atomic E-state index is -0.569. The number of halogens is 1. The third kappa shape index (κ3) is 5.06. The summed E-state index contributed by atoms with van der Waals surface area (Å²) in [6.07, 6.45) is 0. The van der Waals surface area contributed by atoms with Gasteiger partial charge in [-0.05, 0) is 30.3 Å². The van der Waals surface area contributed by atoms with Crippen molar-refractivity contribution in [1.82, 2.24) is 10.9 Å². The molecule has 24 heavy (non-hydrogen) atoms. The smallest absolute Gasteiger partial charge is 0.269 e. The van der Waals surface area contributed by atoms with Crippen molar-refractivity contribution in [2.45, 2.75) is 0 Å². The maximum absolute atomic E-state index is 11.8. The molecule has 0 radical (unpaired) electrons. The zero-order chi connectivity index (χ0) is 17.5. The fraction of sp³-hybridized carbons (Fsp3) is 0.0667. The van der Waals surface area contributed by atoms with Gasteiger partial charge in [0.05, 0.1) is 11.5 Å². The molecular formula is C15H13BrN4O4. The molecule has 0 aliphatic carbocycles. The Morgan fingerprint density at radius 3 is 2.42 bits per heavy atom. The largest absolute Gasteiger partial charge is 0.376 e. The van der Waals surface area contributed by atoms with E-state index in [0.29, 0.717) is 0 Å². The summed E-state index contributed by atoms with van der Waals surface area (Å²) in [5.41, 5.74) is 5.32. The van der Waals surface area contributed by atoms with Crippen LogP contribution in [0.25, 0.3) is 0 Å². The van der Waals surface area contributed by atoms with E-state index in [1.165, 1.54) is 24.3 Å². The number of carbonyl (C=O) groups is 2. The number of benzene rings is 2. The van der Waals surface area contributed by atoms with Crippen LogP contribution in [0.15, 0.2) is 53.0 Å². The maximum Gasteiger partial charge on any atom is 0.269 e. The van der Waals surface area contributed by atoms with Gasteiger partial charge < -0.3 is 5.32 Å². The van der Waals surface area contributed by atoms with Gasteiger partial charge in [0.2, 0.25) is 0 Å². The summed E-state index contributed by atoms with van der Waals surface area (Å²) >= 11 is 3.32. The van der Waals surface area contributed by atoms with Crippen molar-refractivity contribution < 1.29 is 14.5 Å². The molecule has 2 amide bonds. The molecule has 0 bridgehead atoms. The first-order valence-corrected chi connectivity index (χ1v) is 7.58. The summed E-state index contributed by atoms with van der Waals surface area (Å²) in [6, 6.07) is 12.3. The monoisotopic (exact) mass is 392 g/mol. The van der Waals surface area contributed by atoms with Crippen molar-refractivity contribution >= 4 is 39.1 Å². The Labute approximate surface area is 145 Å². The summed E-state index contributed by atoms with van der Waals surface area (Å²) in [5.74, 6) is -1.01. The Bertz CT molecular complexity index is 764. The van der Waals surface area contributed by atoms with Crippen LogP contribution < -0.4 is 16.2 Å².